The maximum atomic E-state index is 12.9. The molecule has 0 spiro atoms. The standard InChI is InChI=1S/C20H32N4O2S/c1-14-15(2)27-19(21-14)22-17(25)9-10-18(26)24-13-11-20(3)16(24)8-6-5-7-12-23(20)4/h16H,5-13H2,1-4H3,(H,21,22,25)/t16-,20-/m0/s1. The Labute approximate surface area is 166 Å². The molecule has 3 heterocycles. The van der Waals surface area contributed by atoms with Gasteiger partial charge in [0, 0.05) is 35.8 Å². The van der Waals surface area contributed by atoms with E-state index in [1.165, 1.54) is 30.6 Å². The third-order valence-electron chi connectivity index (χ3n) is 6.46. The van der Waals surface area contributed by atoms with Crippen molar-refractivity contribution in [3.63, 3.8) is 0 Å². The first kappa shape index (κ1) is 20.3. The van der Waals surface area contributed by atoms with Gasteiger partial charge in [0.15, 0.2) is 5.13 Å². The summed E-state index contributed by atoms with van der Waals surface area (Å²) in [5, 5.41) is 3.45. The number of carbonyl (C=O) groups excluding carboxylic acids is 2. The lowest BCUT2D eigenvalue weighted by Gasteiger charge is -2.43. The number of thiazole rings is 1. The smallest absolute Gasteiger partial charge is 0.226 e. The molecular formula is C20H32N4O2S. The fraction of sp³-hybridized carbons (Fsp3) is 0.750. The summed E-state index contributed by atoms with van der Waals surface area (Å²) < 4.78 is 0. The van der Waals surface area contributed by atoms with Crippen LogP contribution in [0.15, 0.2) is 0 Å². The second-order valence-corrected chi connectivity index (χ2v) is 9.39. The molecule has 2 fully saturated rings. The van der Waals surface area contributed by atoms with E-state index in [-0.39, 0.29) is 36.2 Å². The lowest BCUT2D eigenvalue weighted by molar-refractivity contribution is -0.135. The van der Waals surface area contributed by atoms with Gasteiger partial charge in [-0.05, 0) is 53.6 Å². The molecule has 0 unspecified atom stereocenters. The number of hydrogen-bond acceptors (Lipinski definition) is 5. The monoisotopic (exact) mass is 392 g/mol. The molecule has 27 heavy (non-hydrogen) atoms. The summed E-state index contributed by atoms with van der Waals surface area (Å²) in [6.45, 7) is 8.13. The molecule has 0 aliphatic carbocycles. The van der Waals surface area contributed by atoms with Gasteiger partial charge in [0.1, 0.15) is 0 Å². The molecule has 150 valence electrons. The number of anilines is 1. The molecule has 0 bridgehead atoms. The molecule has 2 aliphatic heterocycles. The Morgan fingerprint density at radius 3 is 2.70 bits per heavy atom. The first-order chi connectivity index (χ1) is 12.8. The lowest BCUT2D eigenvalue weighted by Crippen LogP contribution is -2.55. The number of aromatic nitrogens is 1. The van der Waals surface area contributed by atoms with Gasteiger partial charge < -0.3 is 10.2 Å². The molecule has 6 nitrogen and oxygen atoms in total. The molecule has 2 amide bonds. The highest BCUT2D eigenvalue weighted by atomic mass is 32.1. The molecule has 1 N–H and O–H groups in total. The van der Waals surface area contributed by atoms with Crippen molar-refractivity contribution in [1.29, 1.82) is 0 Å². The fourth-order valence-corrected chi connectivity index (χ4v) is 5.24. The van der Waals surface area contributed by atoms with Crippen molar-refractivity contribution < 1.29 is 9.59 Å². The first-order valence-electron chi connectivity index (χ1n) is 10.1. The molecule has 2 saturated heterocycles. The molecule has 0 radical (unpaired) electrons. The summed E-state index contributed by atoms with van der Waals surface area (Å²) in [6, 6.07) is 0.266. The lowest BCUT2D eigenvalue weighted by atomic mass is 9.85. The van der Waals surface area contributed by atoms with E-state index in [2.05, 4.69) is 29.2 Å². The Balaban J connectivity index is 1.56. The van der Waals surface area contributed by atoms with E-state index < -0.39 is 0 Å². The third kappa shape index (κ3) is 4.35. The van der Waals surface area contributed by atoms with Crippen molar-refractivity contribution in [1.82, 2.24) is 14.8 Å². The van der Waals surface area contributed by atoms with Gasteiger partial charge in [-0.1, -0.05) is 12.8 Å². The van der Waals surface area contributed by atoms with E-state index >= 15 is 0 Å². The summed E-state index contributed by atoms with van der Waals surface area (Å²) in [5.74, 6) is -0.0202. The Hall–Kier alpha value is -1.47. The number of rotatable bonds is 4. The van der Waals surface area contributed by atoms with Gasteiger partial charge in [-0.25, -0.2) is 4.98 Å². The number of fused-ring (bicyclic) bond motifs is 1. The molecule has 0 saturated carbocycles. The third-order valence-corrected chi connectivity index (χ3v) is 7.45. The van der Waals surface area contributed by atoms with E-state index in [9.17, 15) is 9.59 Å². The van der Waals surface area contributed by atoms with Crippen molar-refractivity contribution in [2.75, 3.05) is 25.5 Å². The quantitative estimate of drug-likeness (QED) is 0.853. The minimum Gasteiger partial charge on any atom is -0.338 e. The zero-order chi connectivity index (χ0) is 19.6. The average Bonchev–Trinajstić information content (AvgIpc) is 3.11. The molecular weight excluding hydrogens is 360 g/mol. The van der Waals surface area contributed by atoms with Crippen molar-refractivity contribution in [2.45, 2.75) is 77.3 Å². The van der Waals surface area contributed by atoms with Gasteiger partial charge in [0.2, 0.25) is 11.8 Å². The number of aryl methyl sites for hydroxylation is 2. The second kappa shape index (κ2) is 8.27. The number of likely N-dealkylation sites (tertiary alicyclic amines) is 2. The highest BCUT2D eigenvalue weighted by Crippen LogP contribution is 2.38. The van der Waals surface area contributed by atoms with Crippen molar-refractivity contribution in [2.24, 2.45) is 0 Å². The normalized spacial score (nSPS) is 26.4. The van der Waals surface area contributed by atoms with Crippen molar-refractivity contribution in [3.05, 3.63) is 10.6 Å². The molecule has 2 aliphatic rings. The van der Waals surface area contributed by atoms with E-state index in [1.807, 2.05) is 18.7 Å². The van der Waals surface area contributed by atoms with E-state index in [4.69, 9.17) is 0 Å². The van der Waals surface area contributed by atoms with Crippen LogP contribution in [0.25, 0.3) is 0 Å². The fourth-order valence-electron chi connectivity index (χ4n) is 4.41. The van der Waals surface area contributed by atoms with Crippen LogP contribution in [0.2, 0.25) is 0 Å². The topological polar surface area (TPSA) is 65.5 Å². The molecule has 2 atom stereocenters. The summed E-state index contributed by atoms with van der Waals surface area (Å²) in [5.41, 5.74) is 1.00. The predicted octanol–water partition coefficient (Wildman–Crippen LogP) is 3.34. The summed E-state index contributed by atoms with van der Waals surface area (Å²) >= 11 is 1.48. The number of nitrogens with one attached hydrogen (secondary N) is 1. The van der Waals surface area contributed by atoms with Crippen LogP contribution >= 0.6 is 11.3 Å². The van der Waals surface area contributed by atoms with Crippen LogP contribution in [0.1, 0.15) is 62.4 Å². The van der Waals surface area contributed by atoms with Crippen LogP contribution in [0.3, 0.4) is 0 Å². The molecule has 0 aromatic carbocycles. The summed E-state index contributed by atoms with van der Waals surface area (Å²) in [7, 11) is 2.19. The average molecular weight is 393 g/mol. The van der Waals surface area contributed by atoms with Crippen LogP contribution in [0, 0.1) is 13.8 Å². The van der Waals surface area contributed by atoms with Crippen LogP contribution in [-0.2, 0) is 9.59 Å². The van der Waals surface area contributed by atoms with Crippen LogP contribution in [0.4, 0.5) is 5.13 Å². The molecule has 1 aromatic rings. The maximum Gasteiger partial charge on any atom is 0.226 e. The minimum atomic E-state index is -0.131. The van der Waals surface area contributed by atoms with Gasteiger partial charge in [-0.2, -0.15) is 0 Å². The van der Waals surface area contributed by atoms with Crippen LogP contribution < -0.4 is 5.32 Å². The number of carbonyl (C=O) groups is 2. The van der Waals surface area contributed by atoms with Gasteiger partial charge >= 0.3 is 0 Å². The first-order valence-corrected chi connectivity index (χ1v) is 10.9. The summed E-state index contributed by atoms with van der Waals surface area (Å²) in [4.78, 5) is 35.0. The second-order valence-electron chi connectivity index (χ2n) is 8.19. The summed E-state index contributed by atoms with van der Waals surface area (Å²) in [6.07, 6.45) is 6.22. The zero-order valence-corrected chi connectivity index (χ0v) is 17.8. The van der Waals surface area contributed by atoms with Crippen LogP contribution in [0.5, 0.6) is 0 Å². The number of hydrogen-bond donors (Lipinski definition) is 1. The van der Waals surface area contributed by atoms with Crippen molar-refractivity contribution in [3.8, 4) is 0 Å². The number of likely N-dealkylation sites (N-methyl/N-ethyl adjacent to an activating group) is 1. The molecule has 3 rings (SSSR count). The van der Waals surface area contributed by atoms with Gasteiger partial charge in [0.05, 0.1) is 5.69 Å². The number of nitrogens with zero attached hydrogens (tertiary/aromatic N) is 3. The highest BCUT2D eigenvalue weighted by molar-refractivity contribution is 7.15. The van der Waals surface area contributed by atoms with E-state index in [0.29, 0.717) is 5.13 Å². The highest BCUT2D eigenvalue weighted by Gasteiger charge is 2.47. The molecule has 1 aromatic heterocycles. The predicted molar refractivity (Wildman–Crippen MR) is 109 cm³/mol. The zero-order valence-electron chi connectivity index (χ0n) is 17.0. The Bertz CT molecular complexity index is 685. The SMILES string of the molecule is Cc1nc(NC(=O)CCC(=O)N2CC[C@@]3(C)[C@@H]2CCCCCN3C)sc1C. The van der Waals surface area contributed by atoms with Gasteiger partial charge in [-0.3, -0.25) is 14.5 Å². The Morgan fingerprint density at radius 2 is 2.00 bits per heavy atom. The van der Waals surface area contributed by atoms with Gasteiger partial charge in [-0.15, -0.1) is 11.3 Å². The largest absolute Gasteiger partial charge is 0.338 e. The van der Waals surface area contributed by atoms with E-state index in [1.54, 1.807) is 0 Å². The van der Waals surface area contributed by atoms with E-state index in [0.717, 1.165) is 36.5 Å². The van der Waals surface area contributed by atoms with Gasteiger partial charge in [0.25, 0.3) is 0 Å². The van der Waals surface area contributed by atoms with Crippen molar-refractivity contribution >= 4 is 28.3 Å². The Morgan fingerprint density at radius 1 is 1.22 bits per heavy atom. The molecule has 7 heteroatoms. The maximum absolute atomic E-state index is 12.9. The van der Waals surface area contributed by atoms with Crippen LogP contribution in [-0.4, -0.2) is 58.3 Å². The Kier molecular flexibility index (Phi) is 6.21. The minimum absolute atomic E-state index is 0.0638. The number of amides is 2.